The number of morpholine rings is 1. The fourth-order valence-electron chi connectivity index (χ4n) is 5.91. The predicted molar refractivity (Wildman–Crippen MR) is 155 cm³/mol. The van der Waals surface area contributed by atoms with E-state index < -0.39 is 0 Å². The van der Waals surface area contributed by atoms with Gasteiger partial charge in [0, 0.05) is 29.5 Å². The number of nitrogens with zero attached hydrogens (tertiary/aromatic N) is 1. The van der Waals surface area contributed by atoms with Gasteiger partial charge in [-0.15, -0.1) is 0 Å². The van der Waals surface area contributed by atoms with Crippen LogP contribution in [0.25, 0.3) is 6.08 Å². The van der Waals surface area contributed by atoms with Crippen LogP contribution in [0.1, 0.15) is 85.7 Å². The quantitative estimate of drug-likeness (QED) is 0.278. The van der Waals surface area contributed by atoms with Crippen LogP contribution in [0, 0.1) is 5.82 Å². The lowest BCUT2D eigenvalue weighted by molar-refractivity contribution is -0.149. The van der Waals surface area contributed by atoms with Crippen molar-refractivity contribution in [3.8, 4) is 0 Å². The van der Waals surface area contributed by atoms with Gasteiger partial charge >= 0.3 is 0 Å². The van der Waals surface area contributed by atoms with E-state index in [1.54, 1.807) is 41.3 Å². The first kappa shape index (κ1) is 27.8. The second kappa shape index (κ2) is 13.5. The highest BCUT2D eigenvalue weighted by molar-refractivity contribution is 7.99. The largest absolute Gasteiger partial charge is 0.482 e. The van der Waals surface area contributed by atoms with Crippen LogP contribution in [-0.4, -0.2) is 46.4 Å². The molecule has 2 aromatic rings. The molecule has 2 aromatic carbocycles. The van der Waals surface area contributed by atoms with Gasteiger partial charge < -0.3 is 15.0 Å². The van der Waals surface area contributed by atoms with E-state index in [9.17, 15) is 14.0 Å². The predicted octanol–water partition coefficient (Wildman–Crippen LogP) is 6.72. The number of hydrogen-bond acceptors (Lipinski definition) is 4. The Morgan fingerprint density at radius 1 is 1.00 bits per heavy atom. The first-order valence-corrected chi connectivity index (χ1v) is 15.6. The number of ether oxygens (including phenoxy) is 1. The molecule has 39 heavy (non-hydrogen) atoms. The summed E-state index contributed by atoms with van der Waals surface area (Å²) >= 11 is 2.05. The number of benzene rings is 2. The second-order valence-electron chi connectivity index (χ2n) is 10.9. The molecule has 208 valence electrons. The van der Waals surface area contributed by atoms with Gasteiger partial charge in [0.1, 0.15) is 11.9 Å². The molecule has 0 bridgehead atoms. The molecule has 3 aliphatic rings. The minimum absolute atomic E-state index is 0.0462. The first-order valence-electron chi connectivity index (χ1n) is 14.5. The Hall–Kier alpha value is -2.80. The first-order chi connectivity index (χ1) is 19.1. The number of halogens is 1. The summed E-state index contributed by atoms with van der Waals surface area (Å²) in [6, 6.07) is 13.8. The van der Waals surface area contributed by atoms with Gasteiger partial charge in [-0.3, -0.25) is 9.59 Å². The van der Waals surface area contributed by atoms with Gasteiger partial charge in [-0.25, -0.2) is 4.39 Å². The molecule has 2 aliphatic carbocycles. The van der Waals surface area contributed by atoms with Crippen molar-refractivity contribution in [2.24, 2.45) is 0 Å². The molecule has 1 heterocycles. The Kier molecular flexibility index (Phi) is 9.62. The minimum Gasteiger partial charge on any atom is -0.482 e. The molecular weight excluding hydrogens is 511 g/mol. The number of thioether (sulfide) groups is 1. The van der Waals surface area contributed by atoms with Gasteiger partial charge in [0.25, 0.3) is 11.8 Å². The summed E-state index contributed by atoms with van der Waals surface area (Å²) in [6.45, 7) is 0.902. The number of rotatable bonds is 9. The highest BCUT2D eigenvalue weighted by Crippen LogP contribution is 2.34. The lowest BCUT2D eigenvalue weighted by atomic mass is 9.89. The summed E-state index contributed by atoms with van der Waals surface area (Å²) in [5.74, 6) is 0.771. The average Bonchev–Trinajstić information content (AvgIpc) is 2.97. The summed E-state index contributed by atoms with van der Waals surface area (Å²) in [5, 5.41) is 3.82. The van der Waals surface area contributed by atoms with Crippen LogP contribution in [-0.2, 0) is 16.1 Å². The van der Waals surface area contributed by atoms with Crippen molar-refractivity contribution in [1.29, 1.82) is 0 Å². The van der Waals surface area contributed by atoms with E-state index in [1.165, 1.54) is 38.2 Å². The van der Waals surface area contributed by atoms with Gasteiger partial charge in [0.2, 0.25) is 0 Å². The van der Waals surface area contributed by atoms with Crippen molar-refractivity contribution >= 4 is 29.7 Å². The molecule has 5 rings (SSSR count). The molecule has 5 nitrogen and oxygen atoms in total. The Bertz CT molecular complexity index is 1160. The molecule has 0 radical (unpaired) electrons. The third-order valence-electron chi connectivity index (χ3n) is 8.10. The van der Waals surface area contributed by atoms with Crippen LogP contribution in [0.2, 0.25) is 0 Å². The SMILES string of the molecule is O=C(NCCCSC1CCCCC1)c1ccc(/C=C2\OC3CCCCC3N(Cc3ccccc3F)C2=O)cc1. The van der Waals surface area contributed by atoms with Crippen molar-refractivity contribution in [2.75, 3.05) is 12.3 Å². The van der Waals surface area contributed by atoms with E-state index in [1.807, 2.05) is 12.1 Å². The fraction of sp³-hybridized carbons (Fsp3) is 0.500. The van der Waals surface area contributed by atoms with Gasteiger partial charge in [0.05, 0.1) is 6.04 Å². The second-order valence-corrected chi connectivity index (χ2v) is 12.3. The van der Waals surface area contributed by atoms with E-state index in [0.29, 0.717) is 17.7 Å². The van der Waals surface area contributed by atoms with Crippen molar-refractivity contribution in [3.63, 3.8) is 0 Å². The zero-order valence-corrected chi connectivity index (χ0v) is 23.4. The molecule has 1 N–H and O–H groups in total. The maximum atomic E-state index is 14.4. The highest BCUT2D eigenvalue weighted by atomic mass is 32.2. The molecule has 2 atom stereocenters. The van der Waals surface area contributed by atoms with E-state index in [4.69, 9.17) is 4.74 Å². The van der Waals surface area contributed by atoms with E-state index in [2.05, 4.69) is 17.1 Å². The van der Waals surface area contributed by atoms with Crippen LogP contribution >= 0.6 is 11.8 Å². The highest BCUT2D eigenvalue weighted by Gasteiger charge is 2.41. The van der Waals surface area contributed by atoms with Crippen molar-refractivity contribution in [2.45, 2.75) is 88.1 Å². The molecule has 0 spiro atoms. The van der Waals surface area contributed by atoms with Crippen molar-refractivity contribution < 1.29 is 18.7 Å². The number of hydrogen-bond donors (Lipinski definition) is 1. The van der Waals surface area contributed by atoms with Gasteiger partial charge in [-0.2, -0.15) is 11.8 Å². The number of fused-ring (bicyclic) bond motifs is 1. The molecule has 3 fully saturated rings. The Labute approximate surface area is 235 Å². The molecule has 7 heteroatoms. The van der Waals surface area contributed by atoms with E-state index >= 15 is 0 Å². The molecule has 2 unspecified atom stereocenters. The number of amides is 2. The van der Waals surface area contributed by atoms with Crippen LogP contribution < -0.4 is 5.32 Å². The van der Waals surface area contributed by atoms with Crippen LogP contribution in [0.4, 0.5) is 4.39 Å². The Morgan fingerprint density at radius 3 is 2.54 bits per heavy atom. The maximum absolute atomic E-state index is 14.4. The van der Waals surface area contributed by atoms with Gasteiger partial charge in [-0.1, -0.05) is 56.0 Å². The number of carbonyl (C=O) groups excluding carboxylic acids is 2. The van der Waals surface area contributed by atoms with Crippen LogP contribution in [0.3, 0.4) is 0 Å². The van der Waals surface area contributed by atoms with Crippen LogP contribution in [0.15, 0.2) is 54.3 Å². The van der Waals surface area contributed by atoms with Crippen molar-refractivity contribution in [3.05, 3.63) is 76.8 Å². The lowest BCUT2D eigenvalue weighted by Crippen LogP contribution is -2.54. The zero-order valence-electron chi connectivity index (χ0n) is 22.6. The number of nitrogens with one attached hydrogen (secondary N) is 1. The monoisotopic (exact) mass is 550 g/mol. The van der Waals surface area contributed by atoms with E-state index in [-0.39, 0.29) is 42.1 Å². The zero-order chi connectivity index (χ0) is 27.0. The van der Waals surface area contributed by atoms with E-state index in [0.717, 1.165) is 48.7 Å². The summed E-state index contributed by atoms with van der Waals surface area (Å²) in [4.78, 5) is 27.9. The van der Waals surface area contributed by atoms with Crippen molar-refractivity contribution in [1.82, 2.24) is 10.2 Å². The fourth-order valence-corrected chi connectivity index (χ4v) is 7.22. The third-order valence-corrected chi connectivity index (χ3v) is 9.57. The molecule has 1 saturated heterocycles. The summed E-state index contributed by atoms with van der Waals surface area (Å²) in [6.07, 6.45) is 13.2. The minimum atomic E-state index is -0.300. The Morgan fingerprint density at radius 2 is 1.74 bits per heavy atom. The summed E-state index contributed by atoms with van der Waals surface area (Å²) in [7, 11) is 0. The van der Waals surface area contributed by atoms with Gasteiger partial charge in [-0.05, 0) is 74.1 Å². The smallest absolute Gasteiger partial charge is 0.289 e. The normalized spacial score (nSPS) is 22.8. The molecule has 2 saturated carbocycles. The molecule has 1 aliphatic heterocycles. The third kappa shape index (κ3) is 7.24. The summed E-state index contributed by atoms with van der Waals surface area (Å²) < 4.78 is 20.6. The number of carbonyl (C=O) groups is 2. The molecular formula is C32H39FN2O3S. The lowest BCUT2D eigenvalue weighted by Gasteiger charge is -2.44. The summed E-state index contributed by atoms with van der Waals surface area (Å²) in [5.41, 5.74) is 1.90. The standard InChI is InChI=1S/C32H39FN2O3S/c33-27-12-5-4-9-25(27)22-35-28-13-6-7-14-29(28)38-30(32(35)37)21-23-15-17-24(18-16-23)31(36)34-19-8-20-39-26-10-2-1-3-11-26/h4-5,9,12,15-18,21,26,28-29H,1-3,6-8,10-11,13-14,19-20,22H2,(H,34,36)/b30-21-. The maximum Gasteiger partial charge on any atom is 0.289 e. The van der Waals surface area contributed by atoms with Gasteiger partial charge in [0.15, 0.2) is 5.76 Å². The Balaban J connectivity index is 1.18. The molecule has 0 aromatic heterocycles. The average molecular weight is 551 g/mol. The topological polar surface area (TPSA) is 58.6 Å². The molecule has 2 amide bonds. The van der Waals surface area contributed by atoms with Crippen LogP contribution in [0.5, 0.6) is 0 Å².